The molecule has 0 saturated heterocycles. The number of amides is 2. The summed E-state index contributed by atoms with van der Waals surface area (Å²) in [6.07, 6.45) is 0. The summed E-state index contributed by atoms with van der Waals surface area (Å²) in [5.74, 6) is 0.245. The van der Waals surface area contributed by atoms with E-state index in [4.69, 9.17) is 9.47 Å². The molecule has 2 aromatic carbocycles. The molecule has 0 aliphatic rings. The second-order valence-corrected chi connectivity index (χ2v) is 10.2. The van der Waals surface area contributed by atoms with Gasteiger partial charge < -0.3 is 20.1 Å². The van der Waals surface area contributed by atoms with E-state index in [-0.39, 0.29) is 29.5 Å². The number of benzene rings is 2. The van der Waals surface area contributed by atoms with Crippen LogP contribution in [0.1, 0.15) is 27.7 Å². The highest BCUT2D eigenvalue weighted by molar-refractivity contribution is 7.92. The molecule has 0 fully saturated rings. The Bertz CT molecular complexity index is 1050. The molecule has 0 heterocycles. The first-order valence-electron chi connectivity index (χ1n) is 10.4. The first kappa shape index (κ1) is 26.0. The summed E-state index contributed by atoms with van der Waals surface area (Å²) in [6, 6.07) is 12.5. The highest BCUT2D eigenvalue weighted by atomic mass is 32.2. The maximum Gasteiger partial charge on any atom is 0.264 e. The fraction of sp³-hybridized carbons (Fsp3) is 0.391. The van der Waals surface area contributed by atoms with Gasteiger partial charge in [0.15, 0.2) is 6.61 Å². The van der Waals surface area contributed by atoms with Crippen molar-refractivity contribution < 1.29 is 27.5 Å². The van der Waals surface area contributed by atoms with Crippen molar-refractivity contribution in [1.29, 1.82) is 0 Å². The van der Waals surface area contributed by atoms with Crippen molar-refractivity contribution in [2.45, 2.75) is 38.1 Å². The number of carbonyl (C=O) groups is 2. The van der Waals surface area contributed by atoms with Gasteiger partial charge in [0.05, 0.1) is 23.7 Å². The SMILES string of the molecule is CCOc1ccc(S(=O)(=O)N(C)c2ccc(OCC(=O)NCC(=O)NC(C)(C)C)cc2)cc1. The Morgan fingerprint density at radius 2 is 1.45 bits per heavy atom. The number of sulfonamides is 1. The molecule has 0 spiro atoms. The Kier molecular flexibility index (Phi) is 8.69. The number of anilines is 1. The number of ether oxygens (including phenoxy) is 2. The number of nitrogens with one attached hydrogen (secondary N) is 2. The van der Waals surface area contributed by atoms with Crippen LogP contribution in [-0.2, 0) is 19.6 Å². The smallest absolute Gasteiger partial charge is 0.264 e. The van der Waals surface area contributed by atoms with Crippen molar-refractivity contribution in [2.75, 3.05) is 31.1 Å². The van der Waals surface area contributed by atoms with Crippen LogP contribution in [-0.4, -0.2) is 52.6 Å². The van der Waals surface area contributed by atoms with Crippen LogP contribution in [0.3, 0.4) is 0 Å². The minimum Gasteiger partial charge on any atom is -0.494 e. The highest BCUT2D eigenvalue weighted by Gasteiger charge is 2.21. The first-order valence-corrected chi connectivity index (χ1v) is 11.9. The Morgan fingerprint density at radius 1 is 0.909 bits per heavy atom. The third kappa shape index (κ3) is 7.98. The molecule has 33 heavy (non-hydrogen) atoms. The normalized spacial score (nSPS) is 11.4. The van der Waals surface area contributed by atoms with Crippen LogP contribution < -0.4 is 24.4 Å². The van der Waals surface area contributed by atoms with Gasteiger partial charge in [-0.2, -0.15) is 0 Å². The van der Waals surface area contributed by atoms with E-state index >= 15 is 0 Å². The van der Waals surface area contributed by atoms with Crippen molar-refractivity contribution in [3.05, 3.63) is 48.5 Å². The molecule has 2 aromatic rings. The van der Waals surface area contributed by atoms with Gasteiger partial charge >= 0.3 is 0 Å². The van der Waals surface area contributed by atoms with Crippen LogP contribution in [0, 0.1) is 0 Å². The lowest BCUT2D eigenvalue weighted by Gasteiger charge is -2.20. The summed E-state index contributed by atoms with van der Waals surface area (Å²) in [7, 11) is -2.30. The average molecular weight is 478 g/mol. The van der Waals surface area contributed by atoms with Gasteiger partial charge in [-0.15, -0.1) is 0 Å². The van der Waals surface area contributed by atoms with Gasteiger partial charge in [0.1, 0.15) is 11.5 Å². The van der Waals surface area contributed by atoms with Gasteiger partial charge in [0.25, 0.3) is 15.9 Å². The Balaban J connectivity index is 1.92. The quantitative estimate of drug-likeness (QED) is 0.543. The molecule has 9 nitrogen and oxygen atoms in total. The van der Waals surface area contributed by atoms with Gasteiger partial charge in [0, 0.05) is 12.6 Å². The van der Waals surface area contributed by atoms with E-state index in [9.17, 15) is 18.0 Å². The summed E-state index contributed by atoms with van der Waals surface area (Å²) in [5, 5.41) is 5.23. The third-order valence-electron chi connectivity index (χ3n) is 4.32. The molecule has 0 aromatic heterocycles. The summed E-state index contributed by atoms with van der Waals surface area (Å²) < 4.78 is 37.7. The third-order valence-corrected chi connectivity index (χ3v) is 6.12. The fourth-order valence-corrected chi connectivity index (χ4v) is 3.96. The maximum atomic E-state index is 12.9. The fourth-order valence-electron chi connectivity index (χ4n) is 2.76. The molecule has 0 unspecified atom stereocenters. The number of hydrogen-bond donors (Lipinski definition) is 2. The van der Waals surface area contributed by atoms with Crippen LogP contribution >= 0.6 is 0 Å². The average Bonchev–Trinajstić information content (AvgIpc) is 2.75. The number of hydrogen-bond acceptors (Lipinski definition) is 6. The van der Waals surface area contributed by atoms with Crippen molar-refractivity contribution >= 4 is 27.5 Å². The van der Waals surface area contributed by atoms with Crippen molar-refractivity contribution in [1.82, 2.24) is 10.6 Å². The van der Waals surface area contributed by atoms with Crippen LogP contribution in [0.5, 0.6) is 11.5 Å². The number of nitrogens with zero attached hydrogens (tertiary/aromatic N) is 1. The van der Waals surface area contributed by atoms with Crippen molar-refractivity contribution in [2.24, 2.45) is 0 Å². The number of rotatable bonds is 10. The van der Waals surface area contributed by atoms with Crippen LogP contribution in [0.25, 0.3) is 0 Å². The summed E-state index contributed by atoms with van der Waals surface area (Å²) in [4.78, 5) is 23.8. The Morgan fingerprint density at radius 3 is 2.00 bits per heavy atom. The highest BCUT2D eigenvalue weighted by Crippen LogP contribution is 2.25. The van der Waals surface area contributed by atoms with E-state index in [0.717, 1.165) is 4.31 Å². The molecule has 2 amide bonds. The summed E-state index contributed by atoms with van der Waals surface area (Å²) in [5.41, 5.74) is 0.0488. The zero-order chi connectivity index (χ0) is 24.6. The molecule has 0 saturated carbocycles. The molecular formula is C23H31N3O6S. The van der Waals surface area contributed by atoms with E-state index in [2.05, 4.69) is 10.6 Å². The van der Waals surface area contributed by atoms with E-state index < -0.39 is 15.9 Å². The topological polar surface area (TPSA) is 114 Å². The second kappa shape index (κ2) is 11.0. The molecule has 2 N–H and O–H groups in total. The predicted octanol–water partition coefficient (Wildman–Crippen LogP) is 2.32. The van der Waals surface area contributed by atoms with Gasteiger partial charge in [-0.25, -0.2) is 8.42 Å². The van der Waals surface area contributed by atoms with Crippen LogP contribution in [0.2, 0.25) is 0 Å². The van der Waals surface area contributed by atoms with Gasteiger partial charge in [-0.1, -0.05) is 0 Å². The van der Waals surface area contributed by atoms with Gasteiger partial charge in [-0.3, -0.25) is 13.9 Å². The monoisotopic (exact) mass is 477 g/mol. The standard InChI is InChI=1S/C23H31N3O6S/c1-6-31-18-11-13-20(14-12-18)33(29,30)26(5)17-7-9-19(10-8-17)32-16-22(28)24-15-21(27)25-23(2,3)4/h7-14H,6,15-16H2,1-5H3,(H,24,28)(H,25,27). The molecule has 2 rings (SSSR count). The molecule has 0 atom stereocenters. The molecule has 0 aliphatic heterocycles. The van der Waals surface area contributed by atoms with Crippen molar-refractivity contribution in [3.63, 3.8) is 0 Å². The summed E-state index contributed by atoms with van der Waals surface area (Å²) in [6.45, 7) is 7.47. The van der Waals surface area contributed by atoms with Crippen LogP contribution in [0.4, 0.5) is 5.69 Å². The molecule has 180 valence electrons. The second-order valence-electron chi connectivity index (χ2n) is 8.23. The zero-order valence-corrected chi connectivity index (χ0v) is 20.4. The van der Waals surface area contributed by atoms with E-state index in [1.54, 1.807) is 36.4 Å². The Hall–Kier alpha value is -3.27. The Labute approximate surface area is 195 Å². The van der Waals surface area contributed by atoms with E-state index in [1.165, 1.54) is 19.2 Å². The lowest BCUT2D eigenvalue weighted by molar-refractivity contribution is -0.127. The molecule has 0 bridgehead atoms. The molecule has 0 aliphatic carbocycles. The van der Waals surface area contributed by atoms with Crippen LogP contribution in [0.15, 0.2) is 53.4 Å². The van der Waals surface area contributed by atoms with Gasteiger partial charge in [-0.05, 0) is 76.2 Å². The largest absolute Gasteiger partial charge is 0.494 e. The lowest BCUT2D eigenvalue weighted by Crippen LogP contribution is -2.46. The van der Waals surface area contributed by atoms with E-state index in [0.29, 0.717) is 23.8 Å². The maximum absolute atomic E-state index is 12.9. The van der Waals surface area contributed by atoms with Crippen molar-refractivity contribution in [3.8, 4) is 11.5 Å². The minimum atomic E-state index is -3.76. The summed E-state index contributed by atoms with van der Waals surface area (Å²) >= 11 is 0. The molecule has 10 heteroatoms. The van der Waals surface area contributed by atoms with Gasteiger partial charge in [0.2, 0.25) is 5.91 Å². The minimum absolute atomic E-state index is 0.140. The first-order chi connectivity index (χ1) is 15.4. The lowest BCUT2D eigenvalue weighted by atomic mass is 10.1. The van der Waals surface area contributed by atoms with E-state index in [1.807, 2.05) is 27.7 Å². The molecular weight excluding hydrogens is 446 g/mol. The zero-order valence-electron chi connectivity index (χ0n) is 19.5. The molecule has 0 radical (unpaired) electrons. The number of carbonyl (C=O) groups excluding carboxylic acids is 2. The predicted molar refractivity (Wildman–Crippen MR) is 126 cm³/mol.